The molecule has 0 aliphatic heterocycles. The van der Waals surface area contributed by atoms with Crippen molar-refractivity contribution >= 4 is 22.6 Å². The fourth-order valence-electron chi connectivity index (χ4n) is 2.45. The van der Waals surface area contributed by atoms with E-state index < -0.39 is 0 Å². The van der Waals surface area contributed by atoms with Crippen LogP contribution in [-0.2, 0) is 22.6 Å². The highest BCUT2D eigenvalue weighted by atomic mass is 16.2. The molecule has 2 heterocycles. The van der Waals surface area contributed by atoms with Gasteiger partial charge in [0.15, 0.2) is 0 Å². The van der Waals surface area contributed by atoms with Crippen LogP contribution < -0.4 is 16.2 Å². The Morgan fingerprint density at radius 2 is 1.73 bits per heavy atom. The highest BCUT2D eigenvalue weighted by Crippen LogP contribution is 2.12. The summed E-state index contributed by atoms with van der Waals surface area (Å²) < 4.78 is 0. The minimum Gasteiger partial charge on any atom is -0.349 e. The van der Waals surface area contributed by atoms with Crippen molar-refractivity contribution in [3.8, 4) is 0 Å². The molecule has 3 N–H and O–H groups in total. The fourth-order valence-corrected chi connectivity index (χ4v) is 2.45. The number of aromatic nitrogens is 3. The summed E-state index contributed by atoms with van der Waals surface area (Å²) in [5.74, 6) is -0.675. The first-order valence-electron chi connectivity index (χ1n) is 8.03. The van der Waals surface area contributed by atoms with Crippen LogP contribution in [0, 0.1) is 0 Å². The van der Waals surface area contributed by atoms with Crippen LogP contribution in [0.2, 0.25) is 0 Å². The first-order valence-corrected chi connectivity index (χ1v) is 8.03. The Hall–Kier alpha value is -3.55. The van der Waals surface area contributed by atoms with Crippen LogP contribution in [0.25, 0.3) is 10.8 Å². The van der Waals surface area contributed by atoms with Crippen molar-refractivity contribution in [1.29, 1.82) is 0 Å². The zero-order chi connectivity index (χ0) is 18.4. The number of fused-ring (bicyclic) bond motifs is 1. The van der Waals surface area contributed by atoms with E-state index in [1.807, 2.05) is 6.07 Å². The number of benzene rings is 1. The Morgan fingerprint density at radius 3 is 2.50 bits per heavy atom. The van der Waals surface area contributed by atoms with E-state index in [1.165, 1.54) is 0 Å². The van der Waals surface area contributed by atoms with Crippen molar-refractivity contribution in [1.82, 2.24) is 25.8 Å². The number of pyridine rings is 1. The van der Waals surface area contributed by atoms with Crippen LogP contribution in [-0.4, -0.2) is 33.5 Å². The van der Waals surface area contributed by atoms with Crippen molar-refractivity contribution < 1.29 is 9.59 Å². The van der Waals surface area contributed by atoms with Gasteiger partial charge in [-0.15, -0.1) is 0 Å². The molecule has 0 saturated heterocycles. The molecular weight excluding hydrogens is 334 g/mol. The molecular formula is C18H17N5O3. The van der Waals surface area contributed by atoms with Gasteiger partial charge in [-0.1, -0.05) is 24.3 Å². The number of hydrogen-bond acceptors (Lipinski definition) is 5. The number of amides is 2. The van der Waals surface area contributed by atoms with E-state index in [0.29, 0.717) is 23.0 Å². The number of H-pyrrole nitrogens is 1. The molecule has 0 saturated carbocycles. The summed E-state index contributed by atoms with van der Waals surface area (Å²) >= 11 is 0. The van der Waals surface area contributed by atoms with Crippen LogP contribution in [0.5, 0.6) is 0 Å². The second kappa shape index (κ2) is 8.02. The van der Waals surface area contributed by atoms with Crippen LogP contribution in [0.4, 0.5) is 0 Å². The summed E-state index contributed by atoms with van der Waals surface area (Å²) in [6, 6.07) is 12.3. The molecule has 8 heteroatoms. The number of hydrogen-bond donors (Lipinski definition) is 3. The van der Waals surface area contributed by atoms with Crippen molar-refractivity contribution in [2.45, 2.75) is 13.0 Å². The van der Waals surface area contributed by atoms with Gasteiger partial charge in [-0.2, -0.15) is 5.10 Å². The lowest BCUT2D eigenvalue weighted by Gasteiger charge is -2.07. The minimum atomic E-state index is -0.359. The highest BCUT2D eigenvalue weighted by molar-refractivity contribution is 5.90. The smallest absolute Gasteiger partial charge is 0.272 e. The van der Waals surface area contributed by atoms with E-state index in [4.69, 9.17) is 0 Å². The molecule has 26 heavy (non-hydrogen) atoms. The molecule has 0 fully saturated rings. The van der Waals surface area contributed by atoms with Crippen LogP contribution in [0.3, 0.4) is 0 Å². The molecule has 0 aliphatic rings. The zero-order valence-corrected chi connectivity index (χ0v) is 13.9. The van der Waals surface area contributed by atoms with Gasteiger partial charge in [0.2, 0.25) is 11.8 Å². The summed E-state index contributed by atoms with van der Waals surface area (Å²) in [5.41, 5.74) is 0.876. The number of carbonyl (C=O) groups is 2. The fraction of sp³-hybridized carbons (Fsp3) is 0.167. The van der Waals surface area contributed by atoms with Gasteiger partial charge in [-0.05, 0) is 18.2 Å². The molecule has 0 aliphatic carbocycles. The summed E-state index contributed by atoms with van der Waals surface area (Å²) in [4.78, 5) is 39.7. The van der Waals surface area contributed by atoms with Gasteiger partial charge in [-0.3, -0.25) is 19.4 Å². The molecule has 1 aromatic carbocycles. The van der Waals surface area contributed by atoms with Crippen molar-refractivity contribution in [2.24, 2.45) is 0 Å². The standard InChI is InChI=1S/C18H17N5O3/c24-16(21-11-17(25)20-10-12-5-3-4-8-19-12)9-15-13-6-1-2-7-14(13)18(26)23-22-15/h1-8H,9-11H2,(H,20,25)(H,21,24)(H,23,26). The lowest BCUT2D eigenvalue weighted by molar-refractivity contribution is -0.125. The average molecular weight is 351 g/mol. The Kier molecular flexibility index (Phi) is 5.33. The molecule has 3 aromatic rings. The quantitative estimate of drug-likeness (QED) is 0.590. The van der Waals surface area contributed by atoms with Gasteiger partial charge < -0.3 is 10.6 Å². The number of rotatable bonds is 6. The largest absolute Gasteiger partial charge is 0.349 e. The van der Waals surface area contributed by atoms with E-state index in [0.717, 1.165) is 5.69 Å². The first kappa shape index (κ1) is 17.3. The van der Waals surface area contributed by atoms with E-state index in [-0.39, 0.29) is 30.3 Å². The molecule has 132 valence electrons. The predicted octanol–water partition coefficient (Wildman–Crippen LogP) is 0.293. The maximum Gasteiger partial charge on any atom is 0.272 e. The van der Waals surface area contributed by atoms with E-state index in [1.54, 1.807) is 42.6 Å². The van der Waals surface area contributed by atoms with Crippen LogP contribution in [0.15, 0.2) is 53.5 Å². The SMILES string of the molecule is O=C(CNC(=O)Cc1n[nH]c(=O)c2ccccc12)NCc1ccccn1. The normalized spacial score (nSPS) is 10.5. The third kappa shape index (κ3) is 4.29. The summed E-state index contributed by atoms with van der Waals surface area (Å²) in [6.45, 7) is 0.147. The van der Waals surface area contributed by atoms with E-state index >= 15 is 0 Å². The topological polar surface area (TPSA) is 117 Å². The zero-order valence-electron chi connectivity index (χ0n) is 13.9. The van der Waals surface area contributed by atoms with Gasteiger partial charge in [0.25, 0.3) is 5.56 Å². The highest BCUT2D eigenvalue weighted by Gasteiger charge is 2.11. The molecule has 0 radical (unpaired) electrons. The third-order valence-corrected chi connectivity index (χ3v) is 3.74. The molecule has 8 nitrogen and oxygen atoms in total. The molecule has 0 bridgehead atoms. The maximum absolute atomic E-state index is 12.1. The maximum atomic E-state index is 12.1. The summed E-state index contributed by atoms with van der Waals surface area (Å²) in [7, 11) is 0. The van der Waals surface area contributed by atoms with Gasteiger partial charge in [-0.25, -0.2) is 5.10 Å². The minimum absolute atomic E-state index is 0.0369. The Bertz CT molecular complexity index is 985. The van der Waals surface area contributed by atoms with Crippen molar-refractivity contribution in [3.63, 3.8) is 0 Å². The summed E-state index contributed by atoms with van der Waals surface area (Å²) in [6.07, 6.45) is 1.61. The van der Waals surface area contributed by atoms with Gasteiger partial charge >= 0.3 is 0 Å². The van der Waals surface area contributed by atoms with Crippen LogP contribution in [0.1, 0.15) is 11.4 Å². The lowest BCUT2D eigenvalue weighted by atomic mass is 10.1. The average Bonchev–Trinajstić information content (AvgIpc) is 2.68. The van der Waals surface area contributed by atoms with Gasteiger partial charge in [0.1, 0.15) is 0 Å². The Balaban J connectivity index is 1.54. The number of aromatic amines is 1. The van der Waals surface area contributed by atoms with Crippen molar-refractivity contribution in [3.05, 3.63) is 70.4 Å². The lowest BCUT2D eigenvalue weighted by Crippen LogP contribution is -2.37. The first-order chi connectivity index (χ1) is 12.6. The number of nitrogens with one attached hydrogen (secondary N) is 3. The predicted molar refractivity (Wildman–Crippen MR) is 95.2 cm³/mol. The molecule has 3 rings (SSSR count). The second-order valence-corrected chi connectivity index (χ2v) is 5.60. The number of carbonyl (C=O) groups excluding carboxylic acids is 2. The third-order valence-electron chi connectivity index (χ3n) is 3.74. The Morgan fingerprint density at radius 1 is 0.962 bits per heavy atom. The monoisotopic (exact) mass is 351 g/mol. The molecule has 0 atom stereocenters. The Labute approximate surface area is 148 Å². The molecule has 2 amide bonds. The second-order valence-electron chi connectivity index (χ2n) is 5.60. The number of nitrogens with zero attached hydrogens (tertiary/aromatic N) is 2. The molecule has 0 unspecified atom stereocenters. The van der Waals surface area contributed by atoms with Gasteiger partial charge in [0.05, 0.1) is 36.3 Å². The molecule has 0 spiro atoms. The molecule has 2 aromatic heterocycles. The summed E-state index contributed by atoms with van der Waals surface area (Å²) in [5, 5.41) is 12.6. The van der Waals surface area contributed by atoms with Gasteiger partial charge in [0, 0.05) is 11.6 Å². The van der Waals surface area contributed by atoms with Crippen LogP contribution >= 0.6 is 0 Å². The van der Waals surface area contributed by atoms with E-state index in [2.05, 4.69) is 25.8 Å². The van der Waals surface area contributed by atoms with Crippen molar-refractivity contribution in [2.75, 3.05) is 6.54 Å². The van der Waals surface area contributed by atoms with E-state index in [9.17, 15) is 14.4 Å².